The first-order valence-electron chi connectivity index (χ1n) is 6.43. The van der Waals surface area contributed by atoms with Crippen molar-refractivity contribution in [1.82, 2.24) is 5.32 Å². The highest BCUT2D eigenvalue weighted by Crippen LogP contribution is 2.11. The molecule has 1 atom stereocenters. The Kier molecular flexibility index (Phi) is 4.48. The van der Waals surface area contributed by atoms with Gasteiger partial charge >= 0.3 is 0 Å². The van der Waals surface area contributed by atoms with Crippen LogP contribution in [0.15, 0.2) is 48.5 Å². The van der Waals surface area contributed by atoms with Gasteiger partial charge in [-0.05, 0) is 30.2 Å². The molecule has 3 N–H and O–H groups in total. The fourth-order valence-corrected chi connectivity index (χ4v) is 1.86. The molecule has 20 heavy (non-hydrogen) atoms. The number of amides is 1. The standard InChI is InChI=1S/C16H17FN2O/c1-11-7-8-13(9-14(11)17)16(20)19-10-15(18)12-5-3-2-4-6-12/h2-9,15H,10,18H2,1H3,(H,19,20). The van der Waals surface area contributed by atoms with Crippen molar-refractivity contribution in [3.63, 3.8) is 0 Å². The zero-order valence-corrected chi connectivity index (χ0v) is 11.3. The van der Waals surface area contributed by atoms with Gasteiger partial charge in [-0.2, -0.15) is 0 Å². The second-order valence-electron chi connectivity index (χ2n) is 4.69. The second-order valence-corrected chi connectivity index (χ2v) is 4.69. The summed E-state index contributed by atoms with van der Waals surface area (Å²) in [5.74, 6) is -0.708. The Labute approximate surface area is 117 Å². The van der Waals surface area contributed by atoms with E-state index in [1.807, 2.05) is 30.3 Å². The van der Waals surface area contributed by atoms with Crippen LogP contribution in [0.5, 0.6) is 0 Å². The minimum Gasteiger partial charge on any atom is -0.350 e. The Balaban J connectivity index is 1.97. The largest absolute Gasteiger partial charge is 0.350 e. The second kappa shape index (κ2) is 6.30. The number of aryl methyl sites for hydroxylation is 1. The fourth-order valence-electron chi connectivity index (χ4n) is 1.86. The van der Waals surface area contributed by atoms with E-state index in [9.17, 15) is 9.18 Å². The molecule has 1 unspecified atom stereocenters. The molecule has 0 aliphatic carbocycles. The van der Waals surface area contributed by atoms with E-state index in [4.69, 9.17) is 5.73 Å². The Morgan fingerprint density at radius 2 is 1.95 bits per heavy atom. The van der Waals surface area contributed by atoms with Crippen molar-refractivity contribution in [2.24, 2.45) is 5.73 Å². The van der Waals surface area contributed by atoms with Gasteiger partial charge in [0.2, 0.25) is 0 Å². The maximum Gasteiger partial charge on any atom is 0.251 e. The third-order valence-electron chi connectivity index (χ3n) is 3.14. The maximum absolute atomic E-state index is 13.4. The average Bonchev–Trinajstić information content (AvgIpc) is 2.48. The van der Waals surface area contributed by atoms with E-state index in [1.54, 1.807) is 19.1 Å². The number of hydrogen-bond acceptors (Lipinski definition) is 2. The molecule has 1 amide bonds. The summed E-state index contributed by atoms with van der Waals surface area (Å²) < 4.78 is 13.4. The number of nitrogens with one attached hydrogen (secondary N) is 1. The van der Waals surface area contributed by atoms with Gasteiger partial charge in [0, 0.05) is 18.2 Å². The normalized spacial score (nSPS) is 11.9. The third-order valence-corrected chi connectivity index (χ3v) is 3.14. The number of nitrogens with two attached hydrogens (primary N) is 1. The summed E-state index contributed by atoms with van der Waals surface area (Å²) in [5, 5.41) is 2.71. The van der Waals surface area contributed by atoms with E-state index >= 15 is 0 Å². The minimum absolute atomic E-state index is 0.282. The Morgan fingerprint density at radius 3 is 2.60 bits per heavy atom. The lowest BCUT2D eigenvalue weighted by Crippen LogP contribution is -2.31. The van der Waals surface area contributed by atoms with Crippen LogP contribution >= 0.6 is 0 Å². The van der Waals surface area contributed by atoms with Crippen molar-refractivity contribution < 1.29 is 9.18 Å². The van der Waals surface area contributed by atoms with E-state index in [2.05, 4.69) is 5.32 Å². The van der Waals surface area contributed by atoms with E-state index in [1.165, 1.54) is 6.07 Å². The SMILES string of the molecule is Cc1ccc(C(=O)NCC(N)c2ccccc2)cc1F. The van der Waals surface area contributed by atoms with Gasteiger partial charge in [0.1, 0.15) is 5.82 Å². The quantitative estimate of drug-likeness (QED) is 0.898. The van der Waals surface area contributed by atoms with Crippen LogP contribution in [0.4, 0.5) is 4.39 Å². The lowest BCUT2D eigenvalue weighted by molar-refractivity contribution is 0.0950. The zero-order valence-electron chi connectivity index (χ0n) is 11.3. The Morgan fingerprint density at radius 1 is 1.25 bits per heavy atom. The highest BCUT2D eigenvalue weighted by Gasteiger charge is 2.10. The molecule has 2 rings (SSSR count). The van der Waals surface area contributed by atoms with Crippen molar-refractivity contribution in [1.29, 1.82) is 0 Å². The van der Waals surface area contributed by atoms with Crippen LogP contribution in [0.25, 0.3) is 0 Å². The van der Waals surface area contributed by atoms with E-state index in [-0.39, 0.29) is 17.8 Å². The van der Waals surface area contributed by atoms with Gasteiger partial charge in [-0.1, -0.05) is 36.4 Å². The number of benzene rings is 2. The summed E-state index contributed by atoms with van der Waals surface area (Å²) in [6.45, 7) is 1.96. The lowest BCUT2D eigenvalue weighted by Gasteiger charge is -2.13. The molecule has 0 saturated carbocycles. The van der Waals surface area contributed by atoms with Crippen LogP contribution in [-0.2, 0) is 0 Å². The van der Waals surface area contributed by atoms with Crippen LogP contribution in [0.3, 0.4) is 0 Å². The molecule has 0 saturated heterocycles. The van der Waals surface area contributed by atoms with Crippen molar-refractivity contribution in [2.45, 2.75) is 13.0 Å². The van der Waals surface area contributed by atoms with E-state index in [0.29, 0.717) is 17.7 Å². The molecule has 0 radical (unpaired) electrons. The van der Waals surface area contributed by atoms with Gasteiger partial charge in [-0.25, -0.2) is 4.39 Å². The Bertz CT molecular complexity index is 599. The minimum atomic E-state index is -0.384. The molecule has 104 valence electrons. The molecule has 0 aliphatic rings. The molecule has 0 spiro atoms. The van der Waals surface area contributed by atoms with Gasteiger partial charge in [0.25, 0.3) is 5.91 Å². The molecule has 3 nitrogen and oxygen atoms in total. The van der Waals surface area contributed by atoms with E-state index in [0.717, 1.165) is 5.56 Å². The molecule has 0 fully saturated rings. The smallest absolute Gasteiger partial charge is 0.251 e. The summed E-state index contributed by atoms with van der Waals surface area (Å²) >= 11 is 0. The zero-order chi connectivity index (χ0) is 14.5. The van der Waals surface area contributed by atoms with Gasteiger partial charge in [-0.3, -0.25) is 4.79 Å². The van der Waals surface area contributed by atoms with Crippen LogP contribution in [0.1, 0.15) is 27.5 Å². The summed E-state index contributed by atoms with van der Waals surface area (Å²) in [6.07, 6.45) is 0. The van der Waals surface area contributed by atoms with Crippen LogP contribution in [0.2, 0.25) is 0 Å². The predicted octanol–water partition coefficient (Wildman–Crippen LogP) is 2.56. The first kappa shape index (κ1) is 14.2. The summed E-state index contributed by atoms with van der Waals surface area (Å²) in [4.78, 5) is 11.9. The molecule has 2 aromatic rings. The summed E-state index contributed by atoms with van der Waals surface area (Å²) in [5.41, 5.74) is 7.75. The van der Waals surface area contributed by atoms with Gasteiger partial charge < -0.3 is 11.1 Å². The molecular formula is C16H17FN2O. The number of halogens is 1. The van der Waals surface area contributed by atoms with Crippen LogP contribution in [0, 0.1) is 12.7 Å². The number of rotatable bonds is 4. The molecule has 2 aromatic carbocycles. The average molecular weight is 272 g/mol. The van der Waals surface area contributed by atoms with Crippen molar-refractivity contribution in [3.8, 4) is 0 Å². The summed E-state index contributed by atoms with van der Waals surface area (Å²) in [7, 11) is 0. The first-order valence-corrected chi connectivity index (χ1v) is 6.43. The predicted molar refractivity (Wildman–Crippen MR) is 76.8 cm³/mol. The highest BCUT2D eigenvalue weighted by atomic mass is 19.1. The fraction of sp³-hybridized carbons (Fsp3) is 0.188. The summed E-state index contributed by atoms with van der Waals surface area (Å²) in [6, 6.07) is 13.6. The molecule has 0 heterocycles. The lowest BCUT2D eigenvalue weighted by atomic mass is 10.1. The molecule has 0 aromatic heterocycles. The van der Waals surface area contributed by atoms with Crippen molar-refractivity contribution in [3.05, 3.63) is 71.0 Å². The number of carbonyl (C=O) groups excluding carboxylic acids is 1. The topological polar surface area (TPSA) is 55.1 Å². The van der Waals surface area contributed by atoms with E-state index < -0.39 is 0 Å². The monoisotopic (exact) mass is 272 g/mol. The molecular weight excluding hydrogens is 255 g/mol. The van der Waals surface area contributed by atoms with Gasteiger partial charge in [-0.15, -0.1) is 0 Å². The number of hydrogen-bond donors (Lipinski definition) is 2. The van der Waals surface area contributed by atoms with Crippen LogP contribution < -0.4 is 11.1 Å². The first-order chi connectivity index (χ1) is 9.58. The third kappa shape index (κ3) is 3.42. The van der Waals surface area contributed by atoms with Crippen molar-refractivity contribution >= 4 is 5.91 Å². The molecule has 0 aliphatic heterocycles. The maximum atomic E-state index is 13.4. The van der Waals surface area contributed by atoms with Gasteiger partial charge in [0.05, 0.1) is 0 Å². The van der Waals surface area contributed by atoms with Gasteiger partial charge in [0.15, 0.2) is 0 Å². The highest BCUT2D eigenvalue weighted by molar-refractivity contribution is 5.94. The van der Waals surface area contributed by atoms with Crippen LogP contribution in [-0.4, -0.2) is 12.5 Å². The van der Waals surface area contributed by atoms with Crippen molar-refractivity contribution in [2.75, 3.05) is 6.54 Å². The molecule has 4 heteroatoms. The Hall–Kier alpha value is -2.20. The molecule has 0 bridgehead atoms. The number of carbonyl (C=O) groups is 1.